The van der Waals surface area contributed by atoms with Crippen LogP contribution in [0.25, 0.3) is 21.8 Å². The number of aromatic amines is 1. The van der Waals surface area contributed by atoms with Crippen LogP contribution in [0, 0.1) is 0 Å². The average Bonchev–Trinajstić information content (AvgIpc) is 2.96. The molecule has 0 atom stereocenters. The number of hydrogen-bond acceptors (Lipinski definition) is 4. The Labute approximate surface area is 150 Å². The molecule has 1 heterocycles. The Morgan fingerprint density at radius 1 is 1.04 bits per heavy atom. The van der Waals surface area contributed by atoms with E-state index in [1.54, 1.807) is 12.1 Å². The Morgan fingerprint density at radius 2 is 1.77 bits per heavy atom. The first-order chi connectivity index (χ1) is 12.4. The molecule has 6 nitrogen and oxygen atoms in total. The number of hydrogen-bond donors (Lipinski definition) is 3. The number of H-pyrrole nitrogens is 1. The molecular weight excluding hydrogens is 334 g/mol. The van der Waals surface area contributed by atoms with Crippen molar-refractivity contribution in [3.05, 3.63) is 42.0 Å². The molecule has 0 saturated heterocycles. The molecule has 0 bridgehead atoms. The zero-order valence-electron chi connectivity index (χ0n) is 14.7. The number of aliphatic carboxylic acids is 1. The SMILES string of the molecule is CCC(CC)(OC(=O)CC(=O)O)c1ccc2c(c1)[nH]c1ccc(O)cc12. The topological polar surface area (TPSA) is 99.6 Å². The van der Waals surface area contributed by atoms with Crippen molar-refractivity contribution < 1.29 is 24.5 Å². The van der Waals surface area contributed by atoms with Gasteiger partial charge in [-0.3, -0.25) is 9.59 Å². The number of aromatic nitrogens is 1. The maximum Gasteiger partial charge on any atom is 0.318 e. The lowest BCUT2D eigenvalue weighted by atomic mass is 9.87. The van der Waals surface area contributed by atoms with E-state index in [1.165, 1.54) is 0 Å². The summed E-state index contributed by atoms with van der Waals surface area (Å²) in [4.78, 5) is 26.1. The fraction of sp³-hybridized carbons (Fsp3) is 0.300. The number of benzene rings is 2. The highest BCUT2D eigenvalue weighted by atomic mass is 16.6. The van der Waals surface area contributed by atoms with Crippen LogP contribution in [0.1, 0.15) is 38.7 Å². The first-order valence-corrected chi connectivity index (χ1v) is 8.57. The van der Waals surface area contributed by atoms with E-state index in [2.05, 4.69) is 4.98 Å². The molecule has 26 heavy (non-hydrogen) atoms. The number of carbonyl (C=O) groups is 2. The Morgan fingerprint density at radius 3 is 2.42 bits per heavy atom. The number of phenolic OH excluding ortho intramolecular Hbond substituents is 1. The van der Waals surface area contributed by atoms with Gasteiger partial charge in [0.15, 0.2) is 0 Å². The van der Waals surface area contributed by atoms with Crippen molar-refractivity contribution in [3.63, 3.8) is 0 Å². The average molecular weight is 355 g/mol. The monoisotopic (exact) mass is 355 g/mol. The number of ether oxygens (including phenoxy) is 1. The molecule has 0 aliphatic heterocycles. The number of carboxylic acid groups (broad SMARTS) is 1. The number of rotatable bonds is 6. The molecule has 6 heteroatoms. The fourth-order valence-electron chi connectivity index (χ4n) is 3.41. The summed E-state index contributed by atoms with van der Waals surface area (Å²) < 4.78 is 5.60. The summed E-state index contributed by atoms with van der Waals surface area (Å²) in [5, 5.41) is 20.4. The quantitative estimate of drug-likeness (QED) is 0.457. The zero-order chi connectivity index (χ0) is 18.9. The molecule has 0 aliphatic carbocycles. The third kappa shape index (κ3) is 3.10. The molecule has 3 N–H and O–H groups in total. The van der Waals surface area contributed by atoms with Gasteiger partial charge in [-0.15, -0.1) is 0 Å². The lowest BCUT2D eigenvalue weighted by Gasteiger charge is -2.32. The molecule has 0 amide bonds. The number of phenols is 1. The summed E-state index contributed by atoms with van der Waals surface area (Å²) in [5.74, 6) is -1.76. The predicted octanol–water partition coefficient (Wildman–Crippen LogP) is 4.06. The van der Waals surface area contributed by atoms with E-state index in [1.807, 2.05) is 38.1 Å². The van der Waals surface area contributed by atoms with Crippen molar-refractivity contribution >= 4 is 33.7 Å². The van der Waals surface area contributed by atoms with Gasteiger partial charge in [0.05, 0.1) is 0 Å². The Hall–Kier alpha value is -3.02. The molecule has 3 rings (SSSR count). The van der Waals surface area contributed by atoms with E-state index in [4.69, 9.17) is 9.84 Å². The van der Waals surface area contributed by atoms with Gasteiger partial charge in [0.25, 0.3) is 0 Å². The summed E-state index contributed by atoms with van der Waals surface area (Å²) in [7, 11) is 0. The normalized spacial score (nSPS) is 11.8. The van der Waals surface area contributed by atoms with Crippen molar-refractivity contribution in [2.45, 2.75) is 38.7 Å². The fourth-order valence-corrected chi connectivity index (χ4v) is 3.41. The second kappa shape index (κ2) is 6.71. The lowest BCUT2D eigenvalue weighted by molar-refractivity contribution is -0.165. The number of nitrogens with one attached hydrogen (secondary N) is 1. The maximum atomic E-state index is 12.0. The van der Waals surface area contributed by atoms with Gasteiger partial charge >= 0.3 is 11.9 Å². The number of carbonyl (C=O) groups excluding carboxylic acids is 1. The second-order valence-corrected chi connectivity index (χ2v) is 6.36. The third-order valence-electron chi connectivity index (χ3n) is 4.86. The summed E-state index contributed by atoms with van der Waals surface area (Å²) in [6.07, 6.45) is 0.401. The first-order valence-electron chi connectivity index (χ1n) is 8.57. The standard InChI is InChI=1S/C20H21NO5/c1-3-20(4-2,26-19(25)11-18(23)24)12-5-7-14-15-10-13(22)6-8-16(15)21-17(14)9-12/h5-10,21-22H,3-4,11H2,1-2H3,(H,23,24). The number of esters is 1. The van der Waals surface area contributed by atoms with E-state index in [-0.39, 0.29) is 5.75 Å². The van der Waals surface area contributed by atoms with Gasteiger partial charge in [0, 0.05) is 21.8 Å². The third-order valence-corrected chi connectivity index (χ3v) is 4.86. The summed E-state index contributed by atoms with van der Waals surface area (Å²) >= 11 is 0. The van der Waals surface area contributed by atoms with E-state index in [0.29, 0.717) is 12.8 Å². The van der Waals surface area contributed by atoms with Gasteiger partial charge in [0.2, 0.25) is 0 Å². The molecule has 2 aromatic carbocycles. The minimum absolute atomic E-state index is 0.196. The molecule has 1 aromatic heterocycles. The van der Waals surface area contributed by atoms with Crippen molar-refractivity contribution in [3.8, 4) is 5.75 Å². The second-order valence-electron chi connectivity index (χ2n) is 6.36. The summed E-state index contributed by atoms with van der Waals surface area (Å²) in [6, 6.07) is 10.9. The van der Waals surface area contributed by atoms with Crippen LogP contribution in [0.5, 0.6) is 5.75 Å². The molecule has 0 radical (unpaired) electrons. The number of fused-ring (bicyclic) bond motifs is 3. The van der Waals surface area contributed by atoms with Crippen molar-refractivity contribution in [2.75, 3.05) is 0 Å². The van der Waals surface area contributed by atoms with Gasteiger partial charge in [0.1, 0.15) is 17.8 Å². The van der Waals surface area contributed by atoms with E-state index < -0.39 is 24.0 Å². The van der Waals surface area contributed by atoms with Gasteiger partial charge < -0.3 is 19.9 Å². The van der Waals surface area contributed by atoms with Crippen molar-refractivity contribution in [1.82, 2.24) is 4.98 Å². The molecule has 3 aromatic rings. The van der Waals surface area contributed by atoms with Gasteiger partial charge in [-0.05, 0) is 42.7 Å². The highest BCUT2D eigenvalue weighted by Gasteiger charge is 2.33. The van der Waals surface area contributed by atoms with Crippen molar-refractivity contribution in [1.29, 1.82) is 0 Å². The Balaban J connectivity index is 2.06. The first kappa shape index (κ1) is 17.8. The van der Waals surface area contributed by atoms with Crippen LogP contribution in [0.15, 0.2) is 36.4 Å². The molecule has 0 saturated carbocycles. The van der Waals surface area contributed by atoms with E-state index >= 15 is 0 Å². The Bertz CT molecular complexity index is 984. The van der Waals surface area contributed by atoms with Gasteiger partial charge in [-0.1, -0.05) is 26.0 Å². The summed E-state index contributed by atoms with van der Waals surface area (Å²) in [6.45, 7) is 3.82. The summed E-state index contributed by atoms with van der Waals surface area (Å²) in [5.41, 5.74) is 1.70. The van der Waals surface area contributed by atoms with Crippen LogP contribution < -0.4 is 0 Å². The predicted molar refractivity (Wildman–Crippen MR) is 98.1 cm³/mol. The molecule has 0 fully saturated rings. The Kier molecular flexibility index (Phi) is 4.59. The van der Waals surface area contributed by atoms with Crippen LogP contribution in [-0.2, 0) is 19.9 Å². The number of carboxylic acids is 1. The van der Waals surface area contributed by atoms with Gasteiger partial charge in [-0.2, -0.15) is 0 Å². The molecular formula is C20H21NO5. The number of aromatic hydroxyl groups is 1. The van der Waals surface area contributed by atoms with Crippen LogP contribution in [-0.4, -0.2) is 27.1 Å². The molecule has 0 unspecified atom stereocenters. The molecule has 136 valence electrons. The smallest absolute Gasteiger partial charge is 0.318 e. The lowest BCUT2D eigenvalue weighted by Crippen LogP contribution is -2.32. The molecule has 0 aliphatic rings. The largest absolute Gasteiger partial charge is 0.508 e. The van der Waals surface area contributed by atoms with E-state index in [0.717, 1.165) is 27.4 Å². The van der Waals surface area contributed by atoms with Gasteiger partial charge in [-0.25, -0.2) is 0 Å². The molecule has 0 spiro atoms. The van der Waals surface area contributed by atoms with E-state index in [9.17, 15) is 14.7 Å². The van der Waals surface area contributed by atoms with Crippen LogP contribution in [0.3, 0.4) is 0 Å². The van der Waals surface area contributed by atoms with Crippen LogP contribution in [0.4, 0.5) is 0 Å². The van der Waals surface area contributed by atoms with Crippen LogP contribution in [0.2, 0.25) is 0 Å². The van der Waals surface area contributed by atoms with Crippen molar-refractivity contribution in [2.24, 2.45) is 0 Å². The minimum atomic E-state index is -1.21. The highest BCUT2D eigenvalue weighted by Crippen LogP contribution is 2.37. The maximum absolute atomic E-state index is 12.0. The zero-order valence-corrected chi connectivity index (χ0v) is 14.7. The highest BCUT2D eigenvalue weighted by molar-refractivity contribution is 6.07. The minimum Gasteiger partial charge on any atom is -0.508 e. The van der Waals surface area contributed by atoms with Crippen LogP contribution >= 0.6 is 0 Å².